The highest BCUT2D eigenvalue weighted by Gasteiger charge is 2.32. The summed E-state index contributed by atoms with van der Waals surface area (Å²) in [6.45, 7) is 5.50. The van der Waals surface area contributed by atoms with Gasteiger partial charge in [0.05, 0.1) is 25.7 Å². The van der Waals surface area contributed by atoms with Gasteiger partial charge in [-0.3, -0.25) is 4.79 Å². The van der Waals surface area contributed by atoms with Crippen molar-refractivity contribution in [2.24, 2.45) is 5.92 Å². The molecule has 0 aliphatic carbocycles. The van der Waals surface area contributed by atoms with E-state index in [-0.39, 0.29) is 24.2 Å². The fourth-order valence-electron chi connectivity index (χ4n) is 2.73. The van der Waals surface area contributed by atoms with Crippen molar-refractivity contribution >= 4 is 18.3 Å². The van der Waals surface area contributed by atoms with Gasteiger partial charge in [-0.1, -0.05) is 6.07 Å². The van der Waals surface area contributed by atoms with E-state index in [0.29, 0.717) is 24.6 Å². The van der Waals surface area contributed by atoms with Gasteiger partial charge in [0.2, 0.25) is 5.91 Å². The Balaban J connectivity index is 0.00000288. The lowest BCUT2D eigenvalue weighted by molar-refractivity contribution is -0.125. The van der Waals surface area contributed by atoms with Crippen molar-refractivity contribution in [3.05, 3.63) is 23.8 Å². The van der Waals surface area contributed by atoms with Crippen LogP contribution in [0.2, 0.25) is 0 Å². The third-order valence-electron chi connectivity index (χ3n) is 4.50. The van der Waals surface area contributed by atoms with Crippen LogP contribution in [0.3, 0.4) is 0 Å². The summed E-state index contributed by atoms with van der Waals surface area (Å²) >= 11 is 0. The molecule has 0 radical (unpaired) electrons. The minimum atomic E-state index is -0.712. The molecule has 1 saturated heterocycles. The number of carbonyl (C=O) groups is 1. The number of aliphatic hydroxyl groups is 1. The fourth-order valence-corrected chi connectivity index (χ4v) is 2.73. The van der Waals surface area contributed by atoms with Gasteiger partial charge in [0.25, 0.3) is 0 Å². The van der Waals surface area contributed by atoms with Gasteiger partial charge in [-0.2, -0.15) is 0 Å². The SMILES string of the molecule is COc1ccc(C(C)(C)C(=O)NCC2CNCC2O)cc1OC.Cl. The van der Waals surface area contributed by atoms with Crippen LogP contribution in [0, 0.1) is 5.92 Å². The minimum absolute atomic E-state index is 0. The molecule has 1 aromatic carbocycles. The monoisotopic (exact) mass is 358 g/mol. The Morgan fingerprint density at radius 1 is 1.29 bits per heavy atom. The van der Waals surface area contributed by atoms with Crippen LogP contribution in [-0.4, -0.2) is 51.0 Å². The number of carbonyl (C=O) groups excluding carboxylic acids is 1. The van der Waals surface area contributed by atoms with Crippen LogP contribution in [0.1, 0.15) is 19.4 Å². The second kappa shape index (κ2) is 8.55. The van der Waals surface area contributed by atoms with Crippen LogP contribution in [0.15, 0.2) is 18.2 Å². The number of nitrogens with one attached hydrogen (secondary N) is 2. The van der Waals surface area contributed by atoms with Crippen molar-refractivity contribution in [3.8, 4) is 11.5 Å². The number of aliphatic hydroxyl groups excluding tert-OH is 1. The standard InChI is InChI=1S/C17H26N2O4.ClH/c1-17(2,12-5-6-14(22-3)15(7-12)23-4)16(21)19-9-11-8-18-10-13(11)20;/h5-7,11,13,18,20H,8-10H2,1-4H3,(H,19,21);1H. The predicted molar refractivity (Wildman–Crippen MR) is 95.2 cm³/mol. The molecular formula is C17H27ClN2O4. The quantitative estimate of drug-likeness (QED) is 0.709. The summed E-state index contributed by atoms with van der Waals surface area (Å²) in [7, 11) is 3.15. The number of hydrogen-bond donors (Lipinski definition) is 3. The highest BCUT2D eigenvalue weighted by Crippen LogP contribution is 2.33. The van der Waals surface area contributed by atoms with Gasteiger partial charge in [0, 0.05) is 25.6 Å². The Labute approximate surface area is 149 Å². The first-order valence-corrected chi connectivity index (χ1v) is 7.79. The molecule has 1 aliphatic heterocycles. The largest absolute Gasteiger partial charge is 0.493 e. The van der Waals surface area contributed by atoms with Crippen molar-refractivity contribution < 1.29 is 19.4 Å². The maximum absolute atomic E-state index is 12.6. The summed E-state index contributed by atoms with van der Waals surface area (Å²) in [4.78, 5) is 12.6. The Morgan fingerprint density at radius 2 is 1.96 bits per heavy atom. The molecule has 1 aromatic rings. The highest BCUT2D eigenvalue weighted by molar-refractivity contribution is 5.87. The second-order valence-corrected chi connectivity index (χ2v) is 6.39. The molecule has 0 aromatic heterocycles. The molecule has 2 atom stereocenters. The van der Waals surface area contributed by atoms with Gasteiger partial charge in [-0.15, -0.1) is 12.4 Å². The number of methoxy groups -OCH3 is 2. The maximum Gasteiger partial charge on any atom is 0.230 e. The van der Waals surface area contributed by atoms with Gasteiger partial charge in [0.15, 0.2) is 11.5 Å². The van der Waals surface area contributed by atoms with E-state index < -0.39 is 11.5 Å². The number of rotatable bonds is 6. The average Bonchev–Trinajstić information content (AvgIpc) is 2.96. The van der Waals surface area contributed by atoms with Crippen molar-refractivity contribution in [1.29, 1.82) is 0 Å². The molecule has 1 aliphatic rings. The molecule has 1 amide bonds. The van der Waals surface area contributed by atoms with Gasteiger partial charge in [-0.05, 0) is 31.5 Å². The summed E-state index contributed by atoms with van der Waals surface area (Å²) < 4.78 is 10.5. The number of hydrogen-bond acceptors (Lipinski definition) is 5. The van der Waals surface area contributed by atoms with E-state index in [1.807, 2.05) is 26.0 Å². The molecule has 0 saturated carbocycles. The van der Waals surface area contributed by atoms with Crippen molar-refractivity contribution in [1.82, 2.24) is 10.6 Å². The van der Waals surface area contributed by atoms with Gasteiger partial charge >= 0.3 is 0 Å². The number of ether oxygens (including phenoxy) is 2. The molecule has 2 rings (SSSR count). The first-order chi connectivity index (χ1) is 10.9. The van der Waals surface area contributed by atoms with Crippen molar-refractivity contribution in [3.63, 3.8) is 0 Å². The smallest absolute Gasteiger partial charge is 0.230 e. The number of amides is 1. The zero-order valence-electron chi connectivity index (χ0n) is 14.6. The summed E-state index contributed by atoms with van der Waals surface area (Å²) in [5, 5.41) is 15.9. The first kappa shape index (κ1) is 20.5. The Kier molecular flexibility index (Phi) is 7.32. The molecule has 6 nitrogen and oxygen atoms in total. The lowest BCUT2D eigenvalue weighted by atomic mass is 9.83. The van der Waals surface area contributed by atoms with Crippen LogP contribution < -0.4 is 20.1 Å². The van der Waals surface area contributed by atoms with E-state index in [1.165, 1.54) is 0 Å². The van der Waals surface area contributed by atoms with Gasteiger partial charge < -0.3 is 25.2 Å². The average molecular weight is 359 g/mol. The molecule has 136 valence electrons. The molecule has 7 heteroatoms. The maximum atomic E-state index is 12.6. The minimum Gasteiger partial charge on any atom is -0.493 e. The number of halogens is 1. The Morgan fingerprint density at radius 3 is 2.50 bits per heavy atom. The predicted octanol–water partition coefficient (Wildman–Crippen LogP) is 1.10. The zero-order chi connectivity index (χ0) is 17.0. The number of β-amino-alcohol motifs (C(OH)–C–C–N with tert-alkyl or cyclic N) is 1. The lowest BCUT2D eigenvalue weighted by Crippen LogP contribution is -2.43. The molecule has 0 bridgehead atoms. The van der Waals surface area contributed by atoms with Gasteiger partial charge in [0.1, 0.15) is 0 Å². The van der Waals surface area contributed by atoms with E-state index in [1.54, 1.807) is 20.3 Å². The Hall–Kier alpha value is -1.50. The van der Waals surface area contributed by atoms with Crippen LogP contribution >= 0.6 is 12.4 Å². The molecular weight excluding hydrogens is 332 g/mol. The van der Waals surface area contributed by atoms with Gasteiger partial charge in [-0.25, -0.2) is 0 Å². The lowest BCUT2D eigenvalue weighted by Gasteiger charge is -2.26. The van der Waals surface area contributed by atoms with E-state index >= 15 is 0 Å². The molecule has 2 unspecified atom stereocenters. The summed E-state index contributed by atoms with van der Waals surface area (Å²) in [6.07, 6.45) is -0.403. The normalized spacial score (nSPS) is 20.2. The van der Waals surface area contributed by atoms with Crippen LogP contribution in [0.25, 0.3) is 0 Å². The molecule has 0 spiro atoms. The third-order valence-corrected chi connectivity index (χ3v) is 4.50. The van der Waals surface area contributed by atoms with Crippen LogP contribution in [-0.2, 0) is 10.2 Å². The highest BCUT2D eigenvalue weighted by atomic mass is 35.5. The van der Waals surface area contributed by atoms with Crippen LogP contribution in [0.4, 0.5) is 0 Å². The topological polar surface area (TPSA) is 79.8 Å². The fraction of sp³-hybridized carbons (Fsp3) is 0.588. The first-order valence-electron chi connectivity index (χ1n) is 7.79. The molecule has 1 heterocycles. The molecule has 3 N–H and O–H groups in total. The van der Waals surface area contributed by atoms with E-state index in [2.05, 4.69) is 10.6 Å². The second-order valence-electron chi connectivity index (χ2n) is 6.39. The Bertz CT molecular complexity index is 566. The third kappa shape index (κ3) is 4.32. The van der Waals surface area contributed by atoms with Crippen LogP contribution in [0.5, 0.6) is 11.5 Å². The summed E-state index contributed by atoms with van der Waals surface area (Å²) in [5.74, 6) is 1.21. The van der Waals surface area contributed by atoms with E-state index in [9.17, 15) is 9.90 Å². The molecule has 1 fully saturated rings. The zero-order valence-corrected chi connectivity index (χ0v) is 15.4. The van der Waals surface area contributed by atoms with Crippen molar-refractivity contribution in [2.75, 3.05) is 33.9 Å². The molecule has 24 heavy (non-hydrogen) atoms. The van der Waals surface area contributed by atoms with E-state index in [4.69, 9.17) is 9.47 Å². The summed E-state index contributed by atoms with van der Waals surface area (Å²) in [5.41, 5.74) is 0.133. The van der Waals surface area contributed by atoms with Crippen molar-refractivity contribution in [2.45, 2.75) is 25.4 Å². The number of benzene rings is 1. The van der Waals surface area contributed by atoms with E-state index in [0.717, 1.165) is 12.1 Å². The summed E-state index contributed by atoms with van der Waals surface area (Å²) in [6, 6.07) is 5.49.